The predicted molar refractivity (Wildman–Crippen MR) is 77.7 cm³/mol. The van der Waals surface area contributed by atoms with Crippen molar-refractivity contribution in [3.63, 3.8) is 0 Å². The summed E-state index contributed by atoms with van der Waals surface area (Å²) in [4.78, 5) is 11.5. The summed E-state index contributed by atoms with van der Waals surface area (Å²) in [5.74, 6) is 0.739. The number of hydrogen-bond donors (Lipinski definition) is 0. The summed E-state index contributed by atoms with van der Waals surface area (Å²) in [5, 5.41) is 0. The molecule has 0 aromatic carbocycles. The normalized spacial score (nSPS) is 32.8. The summed E-state index contributed by atoms with van der Waals surface area (Å²) in [5.41, 5.74) is 3.09. The molecule has 1 aliphatic heterocycles. The van der Waals surface area contributed by atoms with Gasteiger partial charge in [-0.2, -0.15) is 0 Å². The predicted octanol–water partition coefficient (Wildman–Crippen LogP) is 4.27. The van der Waals surface area contributed by atoms with Crippen molar-refractivity contribution in [2.24, 2.45) is 17.3 Å². The van der Waals surface area contributed by atoms with E-state index in [1.165, 1.54) is 11.1 Å². The van der Waals surface area contributed by atoms with Gasteiger partial charge in [0.2, 0.25) is 0 Å². The molecular formula is C17H26O2. The molecule has 2 heteroatoms. The quantitative estimate of drug-likeness (QED) is 0.528. The third kappa shape index (κ3) is 3.10. The van der Waals surface area contributed by atoms with Gasteiger partial charge in [-0.05, 0) is 51.9 Å². The fourth-order valence-corrected chi connectivity index (χ4v) is 3.30. The minimum Gasteiger partial charge on any atom is -0.465 e. The van der Waals surface area contributed by atoms with E-state index in [-0.39, 0.29) is 17.3 Å². The molecule has 0 bridgehead atoms. The molecule has 2 nitrogen and oxygen atoms in total. The first-order chi connectivity index (χ1) is 8.95. The summed E-state index contributed by atoms with van der Waals surface area (Å²) in [6.07, 6.45) is 9.15. The fraction of sp³-hybridized carbons (Fsp3) is 0.706. The van der Waals surface area contributed by atoms with Crippen molar-refractivity contribution in [3.05, 3.63) is 23.3 Å². The van der Waals surface area contributed by atoms with E-state index >= 15 is 0 Å². The smallest absolute Gasteiger partial charge is 0.309 e. The third-order valence-electron chi connectivity index (χ3n) is 4.78. The number of hydrogen-bond acceptors (Lipinski definition) is 2. The molecule has 2 rings (SSSR count). The Bertz CT molecular complexity index is 415. The summed E-state index contributed by atoms with van der Waals surface area (Å²) >= 11 is 0. The molecule has 1 saturated carbocycles. The van der Waals surface area contributed by atoms with Gasteiger partial charge < -0.3 is 4.74 Å². The Morgan fingerprint density at radius 3 is 2.63 bits per heavy atom. The Balaban J connectivity index is 1.72. The van der Waals surface area contributed by atoms with Crippen LogP contribution in [0.1, 0.15) is 53.4 Å². The molecule has 1 saturated heterocycles. The molecular weight excluding hydrogens is 236 g/mol. The molecule has 1 aliphatic carbocycles. The minimum atomic E-state index is 0.0387. The number of cyclic esters (lactones) is 1. The highest BCUT2D eigenvalue weighted by molar-refractivity contribution is 5.80. The third-order valence-corrected chi connectivity index (χ3v) is 4.78. The number of carbonyl (C=O) groups excluding carboxylic acids is 1. The van der Waals surface area contributed by atoms with Crippen LogP contribution in [0.4, 0.5) is 0 Å². The van der Waals surface area contributed by atoms with Gasteiger partial charge in [-0.1, -0.05) is 30.2 Å². The number of esters is 1. The van der Waals surface area contributed by atoms with E-state index < -0.39 is 0 Å². The molecule has 0 N–H and O–H groups in total. The second-order valence-corrected chi connectivity index (χ2v) is 6.63. The molecule has 2 aliphatic rings. The van der Waals surface area contributed by atoms with E-state index in [0.29, 0.717) is 12.5 Å². The van der Waals surface area contributed by atoms with Crippen LogP contribution < -0.4 is 0 Å². The summed E-state index contributed by atoms with van der Waals surface area (Å²) in [6.45, 7) is 9.40. The van der Waals surface area contributed by atoms with Crippen LogP contribution in [0.2, 0.25) is 0 Å². The van der Waals surface area contributed by atoms with E-state index in [0.717, 1.165) is 25.7 Å². The molecule has 0 spiro atoms. The van der Waals surface area contributed by atoms with Crippen LogP contribution >= 0.6 is 0 Å². The van der Waals surface area contributed by atoms with E-state index in [4.69, 9.17) is 4.74 Å². The minimum absolute atomic E-state index is 0.0387. The lowest BCUT2D eigenvalue weighted by Gasteiger charge is -2.13. The first-order valence-corrected chi connectivity index (χ1v) is 7.41. The van der Waals surface area contributed by atoms with Crippen LogP contribution in [0.3, 0.4) is 0 Å². The molecule has 1 heterocycles. The molecule has 2 fully saturated rings. The van der Waals surface area contributed by atoms with Crippen molar-refractivity contribution in [2.45, 2.75) is 53.4 Å². The van der Waals surface area contributed by atoms with E-state index in [2.05, 4.69) is 39.8 Å². The fourth-order valence-electron chi connectivity index (χ4n) is 3.30. The number of carbonyl (C=O) groups is 1. The van der Waals surface area contributed by atoms with Gasteiger partial charge in [0.15, 0.2) is 0 Å². The average Bonchev–Trinajstić information content (AvgIpc) is 2.68. The maximum absolute atomic E-state index is 11.5. The number of fused-ring (bicyclic) bond motifs is 1. The zero-order valence-electron chi connectivity index (χ0n) is 12.7. The number of ether oxygens (including phenoxy) is 1. The number of rotatable bonds is 6. The highest BCUT2D eigenvalue weighted by Gasteiger charge is 2.68. The van der Waals surface area contributed by atoms with E-state index in [1.807, 2.05) is 0 Å². The second kappa shape index (κ2) is 5.52. The Morgan fingerprint density at radius 1 is 1.32 bits per heavy atom. The topological polar surface area (TPSA) is 26.3 Å². The molecule has 0 aromatic heterocycles. The van der Waals surface area contributed by atoms with Crippen molar-refractivity contribution < 1.29 is 9.53 Å². The van der Waals surface area contributed by atoms with Crippen LogP contribution in [0.15, 0.2) is 23.3 Å². The first-order valence-electron chi connectivity index (χ1n) is 7.41. The first kappa shape index (κ1) is 14.4. The molecule has 0 amide bonds. The van der Waals surface area contributed by atoms with Crippen LogP contribution in [0, 0.1) is 17.3 Å². The van der Waals surface area contributed by atoms with Crippen molar-refractivity contribution in [1.29, 1.82) is 0 Å². The Hall–Kier alpha value is -1.05. The molecule has 0 aromatic rings. The largest absolute Gasteiger partial charge is 0.465 e. The monoisotopic (exact) mass is 262 g/mol. The van der Waals surface area contributed by atoms with Gasteiger partial charge in [-0.3, -0.25) is 4.79 Å². The maximum atomic E-state index is 11.5. The van der Waals surface area contributed by atoms with Gasteiger partial charge >= 0.3 is 5.97 Å². The van der Waals surface area contributed by atoms with Gasteiger partial charge in [0.05, 0.1) is 12.5 Å². The highest BCUT2D eigenvalue weighted by Crippen LogP contribution is 2.64. The summed E-state index contributed by atoms with van der Waals surface area (Å²) < 4.78 is 5.05. The summed E-state index contributed by atoms with van der Waals surface area (Å²) in [6, 6.07) is 0. The molecule has 3 atom stereocenters. The lowest BCUT2D eigenvalue weighted by Crippen LogP contribution is -2.13. The van der Waals surface area contributed by atoms with Crippen molar-refractivity contribution in [1.82, 2.24) is 0 Å². The van der Waals surface area contributed by atoms with Gasteiger partial charge in [-0.25, -0.2) is 0 Å². The lowest BCUT2D eigenvalue weighted by molar-refractivity contribution is -0.143. The van der Waals surface area contributed by atoms with Gasteiger partial charge in [0, 0.05) is 5.92 Å². The number of allylic oxidation sites excluding steroid dienone is 4. The van der Waals surface area contributed by atoms with Crippen molar-refractivity contribution >= 4 is 5.97 Å². The van der Waals surface area contributed by atoms with E-state index in [9.17, 15) is 4.79 Å². The Morgan fingerprint density at radius 2 is 2.05 bits per heavy atom. The average molecular weight is 262 g/mol. The molecule has 19 heavy (non-hydrogen) atoms. The lowest BCUT2D eigenvalue weighted by atomic mass is 9.96. The zero-order chi connectivity index (χ0) is 14.0. The Labute approximate surface area is 116 Å². The molecule has 0 unspecified atom stereocenters. The van der Waals surface area contributed by atoms with Gasteiger partial charge in [-0.15, -0.1) is 0 Å². The van der Waals surface area contributed by atoms with Crippen LogP contribution in [-0.2, 0) is 9.53 Å². The van der Waals surface area contributed by atoms with Crippen molar-refractivity contribution in [3.8, 4) is 0 Å². The van der Waals surface area contributed by atoms with Gasteiger partial charge in [0.1, 0.15) is 0 Å². The second-order valence-electron chi connectivity index (χ2n) is 6.63. The molecule has 0 radical (unpaired) electrons. The zero-order valence-corrected chi connectivity index (χ0v) is 12.7. The highest BCUT2D eigenvalue weighted by atomic mass is 16.5. The van der Waals surface area contributed by atoms with Crippen LogP contribution in [0.5, 0.6) is 0 Å². The van der Waals surface area contributed by atoms with E-state index in [1.54, 1.807) is 0 Å². The van der Waals surface area contributed by atoms with Crippen LogP contribution in [-0.4, -0.2) is 12.6 Å². The van der Waals surface area contributed by atoms with Gasteiger partial charge in [0.25, 0.3) is 0 Å². The maximum Gasteiger partial charge on any atom is 0.309 e. The van der Waals surface area contributed by atoms with Crippen molar-refractivity contribution in [2.75, 3.05) is 6.61 Å². The summed E-state index contributed by atoms with van der Waals surface area (Å²) in [7, 11) is 0. The standard InChI is InChI=1S/C17H26O2/c1-12(2)7-5-8-13(3)9-6-10-17(4)14-11-19-16(18)15(14)17/h7,9,14-15H,5-6,8,10-11H2,1-4H3/b13-9+/t14-,15-,17+/m1/s1. The molecule has 106 valence electrons. The van der Waals surface area contributed by atoms with Crippen LogP contribution in [0.25, 0.3) is 0 Å². The Kier molecular flexibility index (Phi) is 4.17. The SMILES string of the molecule is CC(C)=CCC/C(C)=C/CC[C@@]1(C)[C@@H]2COC(=O)[C@@H]21.